The second kappa shape index (κ2) is 8.89. The van der Waals surface area contributed by atoms with E-state index in [1.807, 2.05) is 51.1 Å². The molecule has 6 nitrogen and oxygen atoms in total. The smallest absolute Gasteiger partial charge is 0.279 e. The first-order chi connectivity index (χ1) is 12.4. The molecule has 2 aromatic carbocycles. The largest absolute Gasteiger partial charge is 0.483 e. The molecule has 2 aromatic rings. The molecule has 0 spiro atoms. The molecule has 2 rings (SSSR count). The Morgan fingerprint density at radius 2 is 1.58 bits per heavy atom. The molecule has 6 heteroatoms. The molecule has 0 aliphatic carbocycles. The van der Waals surface area contributed by atoms with Crippen LogP contribution in [-0.4, -0.2) is 24.5 Å². The Bertz CT molecular complexity index is 789. The minimum Gasteiger partial charge on any atom is -0.483 e. The lowest BCUT2D eigenvalue weighted by molar-refractivity contribution is -0.133. The SMILES string of the molecule is Cc1ccccc1OCC(=O)NNC(=O)C(C)Oc1cccc(C)c1C. The monoisotopic (exact) mass is 356 g/mol. The maximum Gasteiger partial charge on any atom is 0.279 e. The van der Waals surface area contributed by atoms with E-state index < -0.39 is 17.9 Å². The van der Waals surface area contributed by atoms with Crippen LogP contribution in [-0.2, 0) is 9.59 Å². The van der Waals surface area contributed by atoms with Crippen LogP contribution in [0.15, 0.2) is 42.5 Å². The molecular formula is C20H24N2O4. The highest BCUT2D eigenvalue weighted by Gasteiger charge is 2.17. The van der Waals surface area contributed by atoms with Crippen molar-refractivity contribution in [3.8, 4) is 11.5 Å². The van der Waals surface area contributed by atoms with E-state index in [4.69, 9.17) is 9.47 Å². The van der Waals surface area contributed by atoms with Crippen LogP contribution in [0.3, 0.4) is 0 Å². The fraction of sp³-hybridized carbons (Fsp3) is 0.300. The van der Waals surface area contributed by atoms with Crippen molar-refractivity contribution < 1.29 is 19.1 Å². The van der Waals surface area contributed by atoms with E-state index in [-0.39, 0.29) is 6.61 Å². The molecule has 2 N–H and O–H groups in total. The maximum absolute atomic E-state index is 12.1. The molecule has 138 valence electrons. The van der Waals surface area contributed by atoms with E-state index >= 15 is 0 Å². The van der Waals surface area contributed by atoms with Crippen molar-refractivity contribution in [2.45, 2.75) is 33.8 Å². The minimum atomic E-state index is -0.756. The first-order valence-electron chi connectivity index (χ1n) is 8.38. The van der Waals surface area contributed by atoms with Gasteiger partial charge in [-0.3, -0.25) is 20.4 Å². The summed E-state index contributed by atoms with van der Waals surface area (Å²) in [5.41, 5.74) is 7.65. The molecule has 2 amide bonds. The third kappa shape index (κ3) is 5.24. The lowest BCUT2D eigenvalue weighted by Crippen LogP contribution is -2.48. The van der Waals surface area contributed by atoms with Crippen molar-refractivity contribution in [1.29, 1.82) is 0 Å². The van der Waals surface area contributed by atoms with E-state index in [0.29, 0.717) is 11.5 Å². The zero-order valence-corrected chi connectivity index (χ0v) is 15.5. The molecule has 1 unspecified atom stereocenters. The van der Waals surface area contributed by atoms with Crippen LogP contribution in [0.25, 0.3) is 0 Å². The van der Waals surface area contributed by atoms with Gasteiger partial charge in [-0.05, 0) is 56.5 Å². The quantitative estimate of drug-likeness (QED) is 0.780. The topological polar surface area (TPSA) is 76.7 Å². The molecule has 0 aliphatic heterocycles. The number of hydrogen-bond donors (Lipinski definition) is 2. The summed E-state index contributed by atoms with van der Waals surface area (Å²) in [5.74, 6) is 0.359. The van der Waals surface area contributed by atoms with Crippen LogP contribution >= 0.6 is 0 Å². The van der Waals surface area contributed by atoms with Gasteiger partial charge >= 0.3 is 0 Å². The molecule has 0 bridgehead atoms. The molecule has 0 heterocycles. The van der Waals surface area contributed by atoms with Gasteiger partial charge in [0, 0.05) is 0 Å². The Morgan fingerprint density at radius 3 is 2.31 bits per heavy atom. The third-order valence-electron chi connectivity index (χ3n) is 4.01. The standard InChI is InChI=1S/C20H24N2O4/c1-13-9-7-11-18(15(13)3)26-16(4)20(24)22-21-19(23)12-25-17-10-6-5-8-14(17)2/h5-11,16H,12H2,1-4H3,(H,21,23)(H,22,24). The summed E-state index contributed by atoms with van der Waals surface area (Å²) in [4.78, 5) is 23.9. The predicted octanol–water partition coefficient (Wildman–Crippen LogP) is 2.61. The Kier molecular flexibility index (Phi) is 6.60. The van der Waals surface area contributed by atoms with Gasteiger partial charge in [-0.2, -0.15) is 0 Å². The van der Waals surface area contributed by atoms with Crippen molar-refractivity contribution >= 4 is 11.8 Å². The normalized spacial score (nSPS) is 11.4. The van der Waals surface area contributed by atoms with Crippen molar-refractivity contribution in [3.63, 3.8) is 0 Å². The Balaban J connectivity index is 1.79. The zero-order valence-electron chi connectivity index (χ0n) is 15.5. The van der Waals surface area contributed by atoms with Crippen molar-refractivity contribution in [3.05, 3.63) is 59.2 Å². The number of benzene rings is 2. The van der Waals surface area contributed by atoms with Gasteiger partial charge in [0.25, 0.3) is 11.8 Å². The number of carbonyl (C=O) groups excluding carboxylic acids is 2. The number of aryl methyl sites for hydroxylation is 2. The number of hydrogen-bond acceptors (Lipinski definition) is 4. The molecule has 0 fully saturated rings. The molecule has 26 heavy (non-hydrogen) atoms. The second-order valence-corrected chi connectivity index (χ2v) is 6.05. The number of nitrogens with one attached hydrogen (secondary N) is 2. The lowest BCUT2D eigenvalue weighted by Gasteiger charge is -2.17. The Morgan fingerprint density at radius 1 is 0.923 bits per heavy atom. The van der Waals surface area contributed by atoms with Gasteiger partial charge in [0.1, 0.15) is 11.5 Å². The van der Waals surface area contributed by atoms with E-state index in [9.17, 15) is 9.59 Å². The molecule has 0 saturated heterocycles. The van der Waals surface area contributed by atoms with Crippen molar-refractivity contribution in [2.24, 2.45) is 0 Å². The average molecular weight is 356 g/mol. The van der Waals surface area contributed by atoms with Crippen LogP contribution in [0.5, 0.6) is 11.5 Å². The maximum atomic E-state index is 12.1. The Labute approximate surface area is 153 Å². The highest BCUT2D eigenvalue weighted by molar-refractivity contribution is 5.85. The number of ether oxygens (including phenoxy) is 2. The summed E-state index contributed by atoms with van der Waals surface area (Å²) in [6.07, 6.45) is -0.756. The fourth-order valence-electron chi connectivity index (χ4n) is 2.23. The van der Waals surface area contributed by atoms with Gasteiger partial charge in [0.2, 0.25) is 0 Å². The van der Waals surface area contributed by atoms with Gasteiger partial charge in [-0.25, -0.2) is 0 Å². The molecule has 0 radical (unpaired) electrons. The number of rotatable bonds is 6. The number of hydrazine groups is 1. The Hall–Kier alpha value is -3.02. The van der Waals surface area contributed by atoms with E-state index in [0.717, 1.165) is 16.7 Å². The van der Waals surface area contributed by atoms with Gasteiger partial charge in [0.15, 0.2) is 12.7 Å². The number of amides is 2. The zero-order chi connectivity index (χ0) is 19.1. The lowest BCUT2D eigenvalue weighted by atomic mass is 10.1. The first-order valence-corrected chi connectivity index (χ1v) is 8.38. The van der Waals surface area contributed by atoms with Gasteiger partial charge in [-0.15, -0.1) is 0 Å². The summed E-state index contributed by atoms with van der Waals surface area (Å²) >= 11 is 0. The van der Waals surface area contributed by atoms with Crippen LogP contribution in [0.1, 0.15) is 23.6 Å². The van der Waals surface area contributed by atoms with E-state index in [2.05, 4.69) is 10.9 Å². The number of para-hydroxylation sites is 1. The average Bonchev–Trinajstić information content (AvgIpc) is 2.62. The van der Waals surface area contributed by atoms with E-state index in [1.54, 1.807) is 19.1 Å². The summed E-state index contributed by atoms with van der Waals surface area (Å²) in [6.45, 7) is 7.22. The van der Waals surface area contributed by atoms with Crippen molar-refractivity contribution in [2.75, 3.05) is 6.61 Å². The molecule has 0 aromatic heterocycles. The first kappa shape index (κ1) is 19.3. The fourth-order valence-corrected chi connectivity index (χ4v) is 2.23. The van der Waals surface area contributed by atoms with Crippen LogP contribution in [0, 0.1) is 20.8 Å². The van der Waals surface area contributed by atoms with Crippen molar-refractivity contribution in [1.82, 2.24) is 10.9 Å². The van der Waals surface area contributed by atoms with Crippen LogP contribution in [0.2, 0.25) is 0 Å². The van der Waals surface area contributed by atoms with Gasteiger partial charge < -0.3 is 9.47 Å². The summed E-state index contributed by atoms with van der Waals surface area (Å²) in [5, 5.41) is 0. The van der Waals surface area contributed by atoms with Gasteiger partial charge in [0.05, 0.1) is 0 Å². The van der Waals surface area contributed by atoms with Crippen LogP contribution < -0.4 is 20.3 Å². The van der Waals surface area contributed by atoms with E-state index in [1.165, 1.54) is 0 Å². The summed E-state index contributed by atoms with van der Waals surface area (Å²) in [7, 11) is 0. The highest BCUT2D eigenvalue weighted by Crippen LogP contribution is 2.21. The summed E-state index contributed by atoms with van der Waals surface area (Å²) in [6, 6.07) is 13.0. The second-order valence-electron chi connectivity index (χ2n) is 6.05. The van der Waals surface area contributed by atoms with Crippen LogP contribution in [0.4, 0.5) is 0 Å². The molecular weight excluding hydrogens is 332 g/mol. The number of carbonyl (C=O) groups is 2. The molecule has 0 aliphatic rings. The molecule has 0 saturated carbocycles. The van der Waals surface area contributed by atoms with Gasteiger partial charge in [-0.1, -0.05) is 30.3 Å². The summed E-state index contributed by atoms with van der Waals surface area (Å²) < 4.78 is 11.1. The minimum absolute atomic E-state index is 0.197. The highest BCUT2D eigenvalue weighted by atomic mass is 16.5. The predicted molar refractivity (Wildman–Crippen MR) is 99.0 cm³/mol. The third-order valence-corrected chi connectivity index (χ3v) is 4.01. The molecule has 1 atom stereocenters.